The Kier molecular flexibility index (Phi) is 4.98. The summed E-state index contributed by atoms with van der Waals surface area (Å²) in [5.41, 5.74) is 11.4. The van der Waals surface area contributed by atoms with E-state index in [9.17, 15) is 0 Å². The predicted octanol–water partition coefficient (Wildman–Crippen LogP) is 3.46. The Morgan fingerprint density at radius 3 is 2.35 bits per heavy atom. The summed E-state index contributed by atoms with van der Waals surface area (Å²) in [7, 11) is 0. The maximum Gasteiger partial charge on any atom is 0.229 e. The highest BCUT2D eigenvalue weighted by molar-refractivity contribution is 5.82. The van der Waals surface area contributed by atoms with Gasteiger partial charge >= 0.3 is 0 Å². The molecule has 6 N–H and O–H groups in total. The van der Waals surface area contributed by atoms with E-state index < -0.39 is 0 Å². The Hall–Kier alpha value is -3.61. The summed E-state index contributed by atoms with van der Waals surface area (Å²) in [6.45, 7) is 4.05. The van der Waals surface area contributed by atoms with Gasteiger partial charge in [-0.3, -0.25) is 0 Å². The van der Waals surface area contributed by atoms with E-state index in [0.29, 0.717) is 17.5 Å². The average molecular weight is 347 g/mol. The first kappa shape index (κ1) is 17.2. The molecule has 0 bridgehead atoms. The summed E-state index contributed by atoms with van der Waals surface area (Å²) >= 11 is 0. The molecule has 3 rings (SSSR count). The number of nitrogen functional groups attached to an aromatic ring is 1. The fraction of sp³-hybridized carbons (Fsp3) is 0.105. The zero-order valence-corrected chi connectivity index (χ0v) is 14.7. The Balaban J connectivity index is 1.82. The molecule has 132 valence electrons. The minimum Gasteiger partial charge on any atom is -0.399 e. The largest absolute Gasteiger partial charge is 0.399 e. The lowest BCUT2D eigenvalue weighted by molar-refractivity contribution is 1.16. The van der Waals surface area contributed by atoms with Gasteiger partial charge in [0.05, 0.1) is 6.21 Å². The van der Waals surface area contributed by atoms with Crippen LogP contribution in [0.4, 0.5) is 28.8 Å². The molecule has 0 unspecified atom stereocenters. The van der Waals surface area contributed by atoms with Gasteiger partial charge in [0.15, 0.2) is 0 Å². The maximum atomic E-state index is 5.70. The van der Waals surface area contributed by atoms with Gasteiger partial charge in [0.2, 0.25) is 5.95 Å². The third-order valence-electron chi connectivity index (χ3n) is 3.85. The van der Waals surface area contributed by atoms with Crippen molar-refractivity contribution >= 4 is 35.0 Å². The third-order valence-corrected chi connectivity index (χ3v) is 3.85. The number of hydrogen-bond acceptors (Lipinski definition) is 7. The summed E-state index contributed by atoms with van der Waals surface area (Å²) in [6, 6.07) is 13.3. The lowest BCUT2D eigenvalue weighted by Crippen LogP contribution is -2.03. The van der Waals surface area contributed by atoms with Crippen LogP contribution in [0.25, 0.3) is 0 Å². The molecule has 0 saturated heterocycles. The van der Waals surface area contributed by atoms with Crippen LogP contribution >= 0.6 is 0 Å². The van der Waals surface area contributed by atoms with Gasteiger partial charge in [0.25, 0.3) is 0 Å². The molecule has 3 aromatic rings. The van der Waals surface area contributed by atoms with E-state index in [1.807, 2.05) is 56.3 Å². The van der Waals surface area contributed by atoms with E-state index >= 15 is 0 Å². The van der Waals surface area contributed by atoms with E-state index in [-0.39, 0.29) is 0 Å². The van der Waals surface area contributed by atoms with Gasteiger partial charge < -0.3 is 22.2 Å². The molecule has 1 heterocycles. The molecule has 0 fully saturated rings. The Morgan fingerprint density at radius 2 is 1.69 bits per heavy atom. The Morgan fingerprint density at radius 1 is 1.00 bits per heavy atom. The van der Waals surface area contributed by atoms with Crippen LogP contribution in [0.15, 0.2) is 53.8 Å². The zero-order chi connectivity index (χ0) is 18.5. The molecule has 0 radical (unpaired) electrons. The fourth-order valence-electron chi connectivity index (χ4n) is 2.67. The van der Waals surface area contributed by atoms with Gasteiger partial charge in [-0.2, -0.15) is 10.1 Å². The second-order valence-electron chi connectivity index (χ2n) is 5.95. The van der Waals surface area contributed by atoms with E-state index in [1.54, 1.807) is 12.4 Å². The van der Waals surface area contributed by atoms with Crippen LogP contribution < -0.4 is 22.2 Å². The smallest absolute Gasteiger partial charge is 0.229 e. The number of hydrazone groups is 1. The summed E-state index contributed by atoms with van der Waals surface area (Å²) in [5.74, 6) is 6.43. The van der Waals surface area contributed by atoms with Gasteiger partial charge in [0.1, 0.15) is 5.82 Å². The van der Waals surface area contributed by atoms with Crippen LogP contribution in [-0.2, 0) is 0 Å². The summed E-state index contributed by atoms with van der Waals surface area (Å²) in [5, 5.41) is 10.1. The van der Waals surface area contributed by atoms with Crippen molar-refractivity contribution < 1.29 is 0 Å². The average Bonchev–Trinajstić information content (AvgIpc) is 2.61. The molecule has 0 spiro atoms. The standard InChI is InChI=1S/C19H21N7/c1-12-9-14(11-23-21)10-13(2)18(12)25-17-7-8-22-19(26-17)24-16-5-3-15(20)4-6-16/h3-11H,20-21H2,1-2H3,(H2,22,24,25,26)/b23-11-. The van der Waals surface area contributed by atoms with Crippen LogP contribution in [-0.4, -0.2) is 16.2 Å². The molecule has 0 aliphatic rings. The number of hydrogen-bond donors (Lipinski definition) is 4. The highest BCUT2D eigenvalue weighted by atomic mass is 15.1. The lowest BCUT2D eigenvalue weighted by atomic mass is 10.0. The lowest BCUT2D eigenvalue weighted by Gasteiger charge is -2.14. The van der Waals surface area contributed by atoms with Crippen molar-refractivity contribution in [2.45, 2.75) is 13.8 Å². The van der Waals surface area contributed by atoms with Crippen molar-refractivity contribution in [1.82, 2.24) is 9.97 Å². The van der Waals surface area contributed by atoms with Gasteiger partial charge in [0, 0.05) is 23.3 Å². The number of nitrogens with two attached hydrogens (primary N) is 2. The molecule has 0 atom stereocenters. The topological polar surface area (TPSA) is 114 Å². The molecular weight excluding hydrogens is 326 g/mol. The highest BCUT2D eigenvalue weighted by Crippen LogP contribution is 2.25. The quantitative estimate of drug-likeness (QED) is 0.243. The summed E-state index contributed by atoms with van der Waals surface area (Å²) in [4.78, 5) is 8.77. The molecule has 0 aliphatic carbocycles. The van der Waals surface area contributed by atoms with Gasteiger partial charge in [-0.1, -0.05) is 0 Å². The second-order valence-corrected chi connectivity index (χ2v) is 5.95. The predicted molar refractivity (Wildman–Crippen MR) is 107 cm³/mol. The first-order chi connectivity index (χ1) is 12.5. The summed E-state index contributed by atoms with van der Waals surface area (Å²) < 4.78 is 0. The van der Waals surface area contributed by atoms with Crippen LogP contribution in [0.3, 0.4) is 0 Å². The Labute approximate surface area is 152 Å². The van der Waals surface area contributed by atoms with Crippen molar-refractivity contribution in [1.29, 1.82) is 0 Å². The number of nitrogens with one attached hydrogen (secondary N) is 2. The molecule has 7 heteroatoms. The van der Waals surface area contributed by atoms with Crippen LogP contribution in [0, 0.1) is 13.8 Å². The first-order valence-corrected chi connectivity index (χ1v) is 8.12. The number of rotatable bonds is 5. The molecule has 7 nitrogen and oxygen atoms in total. The van der Waals surface area contributed by atoms with E-state index in [2.05, 4.69) is 25.7 Å². The van der Waals surface area contributed by atoms with E-state index in [1.165, 1.54) is 0 Å². The highest BCUT2D eigenvalue weighted by Gasteiger charge is 2.07. The maximum absolute atomic E-state index is 5.70. The molecule has 0 saturated carbocycles. The zero-order valence-electron chi connectivity index (χ0n) is 14.7. The summed E-state index contributed by atoms with van der Waals surface area (Å²) in [6.07, 6.45) is 3.33. The number of aromatic nitrogens is 2. The second kappa shape index (κ2) is 7.52. The van der Waals surface area contributed by atoms with Crippen molar-refractivity contribution in [2.75, 3.05) is 16.4 Å². The molecule has 0 amide bonds. The first-order valence-electron chi connectivity index (χ1n) is 8.12. The minimum atomic E-state index is 0.502. The minimum absolute atomic E-state index is 0.502. The molecule has 1 aromatic heterocycles. The number of nitrogens with zero attached hydrogens (tertiary/aromatic N) is 3. The Bertz CT molecular complexity index is 910. The third kappa shape index (κ3) is 4.07. The number of aryl methyl sites for hydroxylation is 2. The van der Waals surface area contributed by atoms with E-state index in [4.69, 9.17) is 11.6 Å². The number of benzene rings is 2. The fourth-order valence-corrected chi connectivity index (χ4v) is 2.67. The van der Waals surface area contributed by atoms with Crippen LogP contribution in [0.2, 0.25) is 0 Å². The van der Waals surface area contributed by atoms with Crippen molar-refractivity contribution in [3.63, 3.8) is 0 Å². The number of anilines is 5. The van der Waals surface area contributed by atoms with Crippen molar-refractivity contribution in [3.8, 4) is 0 Å². The van der Waals surface area contributed by atoms with Crippen LogP contribution in [0.1, 0.15) is 16.7 Å². The van der Waals surface area contributed by atoms with Crippen molar-refractivity contribution in [3.05, 3.63) is 65.4 Å². The van der Waals surface area contributed by atoms with E-state index in [0.717, 1.165) is 28.1 Å². The van der Waals surface area contributed by atoms with Crippen molar-refractivity contribution in [2.24, 2.45) is 10.9 Å². The normalized spacial score (nSPS) is 10.8. The van der Waals surface area contributed by atoms with Gasteiger partial charge in [-0.05, 0) is 73.0 Å². The molecule has 0 aliphatic heterocycles. The SMILES string of the molecule is Cc1cc(/C=N\N)cc(C)c1Nc1ccnc(Nc2ccc(N)cc2)n1. The van der Waals surface area contributed by atoms with Gasteiger partial charge in [-0.25, -0.2) is 4.98 Å². The molecular formula is C19H21N7. The molecule has 26 heavy (non-hydrogen) atoms. The van der Waals surface area contributed by atoms with Gasteiger partial charge in [-0.15, -0.1) is 0 Å². The molecule has 2 aromatic carbocycles. The van der Waals surface area contributed by atoms with Crippen LogP contribution in [0.5, 0.6) is 0 Å². The monoisotopic (exact) mass is 347 g/mol.